The molecule has 0 radical (unpaired) electrons. The number of aromatic nitrogens is 1. The number of nitrogens with one attached hydrogen (secondary N) is 2. The van der Waals surface area contributed by atoms with Crippen molar-refractivity contribution < 1.29 is 9.53 Å². The minimum Gasteiger partial charge on any atom is -0.381 e. The SMILES string of the molecule is O=C(NCCCOCC1CC1)c1cc2ccc(Br)cc2[nH]1. The number of hydrogen-bond donors (Lipinski definition) is 2. The first-order chi connectivity index (χ1) is 10.2. The molecule has 0 atom stereocenters. The lowest BCUT2D eigenvalue weighted by Gasteiger charge is -2.04. The highest BCUT2D eigenvalue weighted by molar-refractivity contribution is 9.10. The van der Waals surface area contributed by atoms with Gasteiger partial charge in [0.05, 0.1) is 0 Å². The van der Waals surface area contributed by atoms with Gasteiger partial charge in [-0.1, -0.05) is 22.0 Å². The predicted molar refractivity (Wildman–Crippen MR) is 86.5 cm³/mol. The van der Waals surface area contributed by atoms with E-state index in [4.69, 9.17) is 4.74 Å². The highest BCUT2D eigenvalue weighted by atomic mass is 79.9. The van der Waals surface area contributed by atoms with E-state index >= 15 is 0 Å². The number of fused-ring (bicyclic) bond motifs is 1. The van der Waals surface area contributed by atoms with E-state index in [0.717, 1.165) is 40.9 Å². The van der Waals surface area contributed by atoms with E-state index in [9.17, 15) is 4.79 Å². The summed E-state index contributed by atoms with van der Waals surface area (Å²) in [5, 5.41) is 3.95. The molecule has 1 saturated carbocycles. The fraction of sp³-hybridized carbons (Fsp3) is 0.438. The molecular formula is C16H19BrN2O2. The van der Waals surface area contributed by atoms with Crippen LogP contribution < -0.4 is 5.32 Å². The lowest BCUT2D eigenvalue weighted by atomic mass is 10.2. The summed E-state index contributed by atoms with van der Waals surface area (Å²) < 4.78 is 6.54. The molecule has 1 aromatic carbocycles. The molecule has 4 nitrogen and oxygen atoms in total. The number of carbonyl (C=O) groups is 1. The number of benzene rings is 1. The smallest absolute Gasteiger partial charge is 0.267 e. The van der Waals surface area contributed by atoms with Crippen molar-refractivity contribution in [1.82, 2.24) is 10.3 Å². The lowest BCUT2D eigenvalue weighted by molar-refractivity contribution is 0.0933. The maximum Gasteiger partial charge on any atom is 0.267 e. The minimum atomic E-state index is -0.0653. The number of halogens is 1. The topological polar surface area (TPSA) is 54.1 Å². The average molecular weight is 351 g/mol. The number of hydrogen-bond acceptors (Lipinski definition) is 2. The number of carbonyl (C=O) groups excluding carboxylic acids is 1. The van der Waals surface area contributed by atoms with Crippen molar-refractivity contribution in [2.24, 2.45) is 5.92 Å². The molecule has 21 heavy (non-hydrogen) atoms. The van der Waals surface area contributed by atoms with Crippen molar-refractivity contribution in [3.8, 4) is 0 Å². The first-order valence-electron chi connectivity index (χ1n) is 7.36. The van der Waals surface area contributed by atoms with Crippen LogP contribution in [0.15, 0.2) is 28.7 Å². The average Bonchev–Trinajstić information content (AvgIpc) is 3.19. The van der Waals surface area contributed by atoms with E-state index in [1.54, 1.807) is 0 Å². The van der Waals surface area contributed by atoms with Gasteiger partial charge in [-0.3, -0.25) is 4.79 Å². The summed E-state index contributed by atoms with van der Waals surface area (Å²) in [6, 6.07) is 7.80. The third kappa shape index (κ3) is 4.08. The highest BCUT2D eigenvalue weighted by Gasteiger charge is 2.20. The second kappa shape index (κ2) is 6.62. The van der Waals surface area contributed by atoms with Crippen LogP contribution in [0.4, 0.5) is 0 Å². The van der Waals surface area contributed by atoms with Crippen LogP contribution in [0.1, 0.15) is 29.8 Å². The van der Waals surface area contributed by atoms with Crippen LogP contribution in [-0.2, 0) is 4.74 Å². The van der Waals surface area contributed by atoms with Crippen LogP contribution in [0, 0.1) is 5.92 Å². The molecule has 0 aliphatic heterocycles. The fourth-order valence-electron chi connectivity index (χ4n) is 2.23. The maximum absolute atomic E-state index is 12.1. The zero-order chi connectivity index (χ0) is 14.7. The standard InChI is InChI=1S/C16H19BrN2O2/c17-13-5-4-12-8-15(19-14(12)9-13)16(20)18-6-1-7-21-10-11-2-3-11/h4-5,8-9,11,19H,1-3,6-7,10H2,(H,18,20). The van der Waals surface area contributed by atoms with Gasteiger partial charge in [-0.2, -0.15) is 0 Å². The van der Waals surface area contributed by atoms with Crippen molar-refractivity contribution >= 4 is 32.7 Å². The number of H-pyrrole nitrogens is 1. The molecule has 1 aliphatic rings. The Morgan fingerprint density at radius 3 is 3.05 bits per heavy atom. The van der Waals surface area contributed by atoms with Gasteiger partial charge in [0.2, 0.25) is 0 Å². The van der Waals surface area contributed by atoms with Gasteiger partial charge in [-0.05, 0) is 43.4 Å². The van der Waals surface area contributed by atoms with Crippen molar-refractivity contribution in [3.63, 3.8) is 0 Å². The highest BCUT2D eigenvalue weighted by Crippen LogP contribution is 2.28. The number of ether oxygens (including phenoxy) is 1. The molecule has 0 unspecified atom stereocenters. The molecule has 0 spiro atoms. The molecule has 2 aromatic rings. The maximum atomic E-state index is 12.1. The molecule has 0 bridgehead atoms. The Labute approximate surface area is 132 Å². The molecule has 112 valence electrons. The van der Waals surface area contributed by atoms with Gasteiger partial charge in [0, 0.05) is 35.1 Å². The Kier molecular flexibility index (Phi) is 4.60. The molecule has 1 fully saturated rings. The monoisotopic (exact) mass is 350 g/mol. The third-order valence-corrected chi connectivity index (χ3v) is 4.12. The van der Waals surface area contributed by atoms with Crippen LogP contribution in [0.25, 0.3) is 10.9 Å². The molecule has 1 amide bonds. The van der Waals surface area contributed by atoms with Gasteiger partial charge in [-0.25, -0.2) is 0 Å². The summed E-state index contributed by atoms with van der Waals surface area (Å²) in [6.45, 7) is 2.24. The van der Waals surface area contributed by atoms with Crippen LogP contribution in [0.5, 0.6) is 0 Å². The summed E-state index contributed by atoms with van der Waals surface area (Å²) in [4.78, 5) is 15.2. The molecule has 5 heteroatoms. The summed E-state index contributed by atoms with van der Waals surface area (Å²) in [7, 11) is 0. The molecule has 1 heterocycles. The zero-order valence-electron chi connectivity index (χ0n) is 11.8. The van der Waals surface area contributed by atoms with Crippen molar-refractivity contribution in [1.29, 1.82) is 0 Å². The van der Waals surface area contributed by atoms with E-state index in [1.165, 1.54) is 12.8 Å². The van der Waals surface area contributed by atoms with Crippen molar-refractivity contribution in [2.75, 3.05) is 19.8 Å². The Hall–Kier alpha value is -1.33. The largest absolute Gasteiger partial charge is 0.381 e. The van der Waals surface area contributed by atoms with Crippen molar-refractivity contribution in [2.45, 2.75) is 19.3 Å². The predicted octanol–water partition coefficient (Wildman–Crippen LogP) is 3.48. The Balaban J connectivity index is 1.44. The minimum absolute atomic E-state index is 0.0653. The van der Waals surface area contributed by atoms with Crippen LogP contribution in [0.3, 0.4) is 0 Å². The number of rotatable bonds is 7. The quantitative estimate of drug-likeness (QED) is 0.751. The molecule has 1 aromatic heterocycles. The van der Waals surface area contributed by atoms with Gasteiger partial charge in [0.15, 0.2) is 0 Å². The summed E-state index contributed by atoms with van der Waals surface area (Å²) >= 11 is 3.42. The van der Waals surface area contributed by atoms with Gasteiger partial charge in [0.1, 0.15) is 5.69 Å². The van der Waals surface area contributed by atoms with E-state index in [2.05, 4.69) is 26.2 Å². The van der Waals surface area contributed by atoms with Crippen molar-refractivity contribution in [3.05, 3.63) is 34.4 Å². The first-order valence-corrected chi connectivity index (χ1v) is 8.16. The molecule has 2 N–H and O–H groups in total. The van der Waals surface area contributed by atoms with E-state index < -0.39 is 0 Å². The third-order valence-electron chi connectivity index (χ3n) is 3.63. The summed E-state index contributed by atoms with van der Waals surface area (Å²) in [5.41, 5.74) is 1.56. The van der Waals surface area contributed by atoms with E-state index in [1.807, 2.05) is 24.3 Å². The van der Waals surface area contributed by atoms with Gasteiger partial charge >= 0.3 is 0 Å². The first kappa shape index (κ1) is 14.6. The lowest BCUT2D eigenvalue weighted by Crippen LogP contribution is -2.25. The second-order valence-electron chi connectivity index (χ2n) is 5.54. The van der Waals surface area contributed by atoms with Gasteiger partial charge in [-0.15, -0.1) is 0 Å². The molecular weight excluding hydrogens is 332 g/mol. The van der Waals surface area contributed by atoms with Gasteiger partial charge < -0.3 is 15.0 Å². The van der Waals surface area contributed by atoms with E-state index in [0.29, 0.717) is 12.2 Å². The van der Waals surface area contributed by atoms with Crippen LogP contribution in [0.2, 0.25) is 0 Å². The van der Waals surface area contributed by atoms with Crippen LogP contribution in [-0.4, -0.2) is 30.6 Å². The second-order valence-corrected chi connectivity index (χ2v) is 6.46. The molecule has 3 rings (SSSR count). The summed E-state index contributed by atoms with van der Waals surface area (Å²) in [5.74, 6) is 0.731. The number of amides is 1. The van der Waals surface area contributed by atoms with Crippen LogP contribution >= 0.6 is 15.9 Å². The normalized spacial score (nSPS) is 14.5. The van der Waals surface area contributed by atoms with Gasteiger partial charge in [0.25, 0.3) is 5.91 Å². The zero-order valence-corrected chi connectivity index (χ0v) is 13.4. The Bertz CT molecular complexity index is 634. The Morgan fingerprint density at radius 1 is 1.38 bits per heavy atom. The van der Waals surface area contributed by atoms with E-state index in [-0.39, 0.29) is 5.91 Å². The molecule has 0 saturated heterocycles. The fourth-order valence-corrected chi connectivity index (χ4v) is 2.59. The summed E-state index contributed by atoms with van der Waals surface area (Å²) in [6.07, 6.45) is 3.48. The Morgan fingerprint density at radius 2 is 2.24 bits per heavy atom. The molecule has 1 aliphatic carbocycles. The number of aromatic amines is 1.